The highest BCUT2D eigenvalue weighted by Gasteiger charge is 2.22. The number of carbonyl (C=O) groups excluding carboxylic acids is 1. The minimum atomic E-state index is 0.193. The van der Waals surface area contributed by atoms with Gasteiger partial charge in [0.2, 0.25) is 5.91 Å². The molecule has 3 nitrogen and oxygen atoms in total. The van der Waals surface area contributed by atoms with Gasteiger partial charge in [0.25, 0.3) is 0 Å². The van der Waals surface area contributed by atoms with Crippen LogP contribution < -0.4 is 10.6 Å². The Morgan fingerprint density at radius 1 is 1.44 bits per heavy atom. The third-order valence-electron chi connectivity index (χ3n) is 3.78. The third kappa shape index (κ3) is 3.78. The van der Waals surface area contributed by atoms with E-state index in [1.165, 1.54) is 12.8 Å². The van der Waals surface area contributed by atoms with Crippen molar-refractivity contribution in [1.82, 2.24) is 10.6 Å². The van der Waals surface area contributed by atoms with E-state index in [0.29, 0.717) is 12.0 Å². The highest BCUT2D eigenvalue weighted by molar-refractivity contribution is 5.78. The molecule has 0 saturated carbocycles. The van der Waals surface area contributed by atoms with Crippen LogP contribution in [0.3, 0.4) is 0 Å². The predicted molar refractivity (Wildman–Crippen MR) is 67.3 cm³/mol. The van der Waals surface area contributed by atoms with Crippen LogP contribution in [0.2, 0.25) is 0 Å². The summed E-state index contributed by atoms with van der Waals surface area (Å²) in [5.41, 5.74) is 0. The zero-order chi connectivity index (χ0) is 12.0. The maximum atomic E-state index is 11.8. The molecule has 94 valence electrons. The molecule has 0 spiro atoms. The van der Waals surface area contributed by atoms with Crippen molar-refractivity contribution < 1.29 is 4.79 Å². The minimum absolute atomic E-state index is 0.193. The molecule has 1 amide bonds. The van der Waals surface area contributed by atoms with Crippen molar-refractivity contribution in [2.24, 2.45) is 11.8 Å². The van der Waals surface area contributed by atoms with Crippen molar-refractivity contribution in [2.75, 3.05) is 13.1 Å². The number of nitrogens with one attached hydrogen (secondary N) is 2. The second kappa shape index (κ2) is 6.89. The van der Waals surface area contributed by atoms with E-state index in [2.05, 4.69) is 31.4 Å². The molecular weight excluding hydrogens is 200 g/mol. The molecule has 1 fully saturated rings. The lowest BCUT2D eigenvalue weighted by molar-refractivity contribution is -0.125. The summed E-state index contributed by atoms with van der Waals surface area (Å²) in [4.78, 5) is 11.8. The lowest BCUT2D eigenvalue weighted by atomic mass is 9.92. The fourth-order valence-electron chi connectivity index (χ4n) is 2.40. The van der Waals surface area contributed by atoms with E-state index in [4.69, 9.17) is 0 Å². The van der Waals surface area contributed by atoms with Crippen LogP contribution in [0.15, 0.2) is 0 Å². The summed E-state index contributed by atoms with van der Waals surface area (Å²) in [6, 6.07) is 0.465. The number of hydrogen-bond donors (Lipinski definition) is 2. The molecule has 1 rings (SSSR count). The first-order valence-corrected chi connectivity index (χ1v) is 6.70. The Hall–Kier alpha value is -0.570. The summed E-state index contributed by atoms with van der Waals surface area (Å²) >= 11 is 0. The first-order valence-electron chi connectivity index (χ1n) is 6.70. The van der Waals surface area contributed by atoms with Gasteiger partial charge < -0.3 is 10.6 Å². The van der Waals surface area contributed by atoms with Gasteiger partial charge in [0.05, 0.1) is 0 Å². The predicted octanol–water partition coefficient (Wildman–Crippen LogP) is 1.93. The second-order valence-electron chi connectivity index (χ2n) is 4.94. The molecule has 1 aliphatic heterocycles. The van der Waals surface area contributed by atoms with Crippen LogP contribution in [0.25, 0.3) is 0 Å². The molecule has 0 aromatic rings. The van der Waals surface area contributed by atoms with Crippen molar-refractivity contribution in [3.8, 4) is 0 Å². The molecule has 0 aromatic heterocycles. The fourth-order valence-corrected chi connectivity index (χ4v) is 2.40. The van der Waals surface area contributed by atoms with Crippen LogP contribution >= 0.6 is 0 Å². The van der Waals surface area contributed by atoms with Gasteiger partial charge >= 0.3 is 0 Å². The Morgan fingerprint density at radius 2 is 2.12 bits per heavy atom. The van der Waals surface area contributed by atoms with Gasteiger partial charge in [-0.05, 0) is 38.1 Å². The average molecular weight is 226 g/mol. The molecule has 2 atom stereocenters. The van der Waals surface area contributed by atoms with E-state index in [0.717, 1.165) is 25.9 Å². The van der Waals surface area contributed by atoms with Gasteiger partial charge in [-0.15, -0.1) is 0 Å². The maximum absolute atomic E-state index is 11.8. The quantitative estimate of drug-likeness (QED) is 0.752. The highest BCUT2D eigenvalue weighted by Crippen LogP contribution is 2.15. The van der Waals surface area contributed by atoms with Crippen LogP contribution in [0.5, 0.6) is 0 Å². The van der Waals surface area contributed by atoms with Gasteiger partial charge in [-0.3, -0.25) is 4.79 Å². The van der Waals surface area contributed by atoms with Gasteiger partial charge in [0, 0.05) is 18.5 Å². The summed E-state index contributed by atoms with van der Waals surface area (Å²) in [6.07, 6.45) is 4.42. The Morgan fingerprint density at radius 3 is 2.69 bits per heavy atom. The topological polar surface area (TPSA) is 41.1 Å². The van der Waals surface area contributed by atoms with Crippen LogP contribution in [0.4, 0.5) is 0 Å². The molecule has 0 aliphatic carbocycles. The SMILES string of the molecule is CCC(CC)C(=O)NCC1NCCCC1C. The summed E-state index contributed by atoms with van der Waals surface area (Å²) in [5.74, 6) is 1.10. The Bertz CT molecular complexity index is 214. The van der Waals surface area contributed by atoms with Gasteiger partial charge in [0.15, 0.2) is 0 Å². The van der Waals surface area contributed by atoms with E-state index >= 15 is 0 Å². The van der Waals surface area contributed by atoms with Crippen molar-refractivity contribution in [1.29, 1.82) is 0 Å². The van der Waals surface area contributed by atoms with E-state index in [1.807, 2.05) is 0 Å². The van der Waals surface area contributed by atoms with Crippen LogP contribution in [0, 0.1) is 11.8 Å². The minimum Gasteiger partial charge on any atom is -0.354 e. The van der Waals surface area contributed by atoms with Gasteiger partial charge in [-0.25, -0.2) is 0 Å². The summed E-state index contributed by atoms with van der Waals surface area (Å²) in [6.45, 7) is 8.30. The highest BCUT2D eigenvalue weighted by atomic mass is 16.1. The Kier molecular flexibility index (Phi) is 5.81. The van der Waals surface area contributed by atoms with Gasteiger partial charge in [-0.1, -0.05) is 20.8 Å². The van der Waals surface area contributed by atoms with E-state index in [-0.39, 0.29) is 11.8 Å². The molecule has 0 radical (unpaired) electrons. The van der Waals surface area contributed by atoms with Crippen LogP contribution in [-0.4, -0.2) is 25.0 Å². The lowest BCUT2D eigenvalue weighted by Gasteiger charge is -2.30. The van der Waals surface area contributed by atoms with Crippen molar-refractivity contribution >= 4 is 5.91 Å². The van der Waals surface area contributed by atoms with E-state index in [9.17, 15) is 4.79 Å². The standard InChI is InChI=1S/C13H26N2O/c1-4-11(5-2)13(16)15-9-12-10(3)7-6-8-14-12/h10-12,14H,4-9H2,1-3H3,(H,15,16). The number of rotatable bonds is 5. The lowest BCUT2D eigenvalue weighted by Crippen LogP contribution is -2.48. The molecule has 1 heterocycles. The zero-order valence-electron chi connectivity index (χ0n) is 10.9. The van der Waals surface area contributed by atoms with Crippen LogP contribution in [-0.2, 0) is 4.79 Å². The molecule has 2 N–H and O–H groups in total. The largest absolute Gasteiger partial charge is 0.354 e. The molecule has 1 aliphatic rings. The first-order chi connectivity index (χ1) is 7.69. The monoisotopic (exact) mass is 226 g/mol. The number of carbonyl (C=O) groups is 1. The van der Waals surface area contributed by atoms with Crippen molar-refractivity contribution in [3.63, 3.8) is 0 Å². The van der Waals surface area contributed by atoms with Gasteiger partial charge in [0.1, 0.15) is 0 Å². The molecule has 16 heavy (non-hydrogen) atoms. The number of amides is 1. The second-order valence-corrected chi connectivity index (χ2v) is 4.94. The van der Waals surface area contributed by atoms with E-state index in [1.54, 1.807) is 0 Å². The molecule has 1 saturated heterocycles. The third-order valence-corrected chi connectivity index (χ3v) is 3.78. The molecular formula is C13H26N2O. The smallest absolute Gasteiger partial charge is 0.223 e. The molecule has 0 aromatic carbocycles. The molecule has 0 bridgehead atoms. The zero-order valence-corrected chi connectivity index (χ0v) is 10.9. The Balaban J connectivity index is 2.29. The summed E-state index contributed by atoms with van der Waals surface area (Å²) < 4.78 is 0. The van der Waals surface area contributed by atoms with Crippen molar-refractivity contribution in [2.45, 2.75) is 52.5 Å². The summed E-state index contributed by atoms with van der Waals surface area (Å²) in [7, 11) is 0. The number of hydrogen-bond acceptors (Lipinski definition) is 2. The van der Waals surface area contributed by atoms with E-state index < -0.39 is 0 Å². The summed E-state index contributed by atoms with van der Waals surface area (Å²) in [5, 5.41) is 6.57. The maximum Gasteiger partial charge on any atom is 0.223 e. The molecule has 3 heteroatoms. The van der Waals surface area contributed by atoms with Crippen molar-refractivity contribution in [3.05, 3.63) is 0 Å². The Labute approximate surface area is 99.4 Å². The average Bonchev–Trinajstić information content (AvgIpc) is 2.29. The molecule has 2 unspecified atom stereocenters. The fraction of sp³-hybridized carbons (Fsp3) is 0.923. The first kappa shape index (κ1) is 13.5. The normalized spacial score (nSPS) is 25.8. The van der Waals surface area contributed by atoms with Crippen LogP contribution in [0.1, 0.15) is 46.5 Å². The van der Waals surface area contributed by atoms with Gasteiger partial charge in [-0.2, -0.15) is 0 Å². The number of piperidine rings is 1.